The second-order valence-electron chi connectivity index (χ2n) is 5.84. The van der Waals surface area contributed by atoms with Gasteiger partial charge in [-0.3, -0.25) is 4.90 Å². The van der Waals surface area contributed by atoms with Crippen molar-refractivity contribution in [2.45, 2.75) is 65.3 Å². The molecule has 1 aliphatic carbocycles. The van der Waals surface area contributed by atoms with Gasteiger partial charge in [0, 0.05) is 19.1 Å². The number of nitrogens with zero attached hydrogens (tertiary/aromatic N) is 1. The van der Waals surface area contributed by atoms with Gasteiger partial charge in [0.1, 0.15) is 0 Å². The first-order valence-corrected chi connectivity index (χ1v) is 6.98. The normalized spacial score (nSPS) is 39.4. The van der Waals surface area contributed by atoms with E-state index in [1.54, 1.807) is 0 Å². The smallest absolute Gasteiger partial charge is 0.0187 e. The molecule has 0 N–H and O–H groups in total. The molecule has 88 valence electrons. The predicted molar refractivity (Wildman–Crippen MR) is 66.0 cm³/mol. The zero-order chi connectivity index (χ0) is 10.9. The van der Waals surface area contributed by atoms with Crippen LogP contribution in [0.2, 0.25) is 0 Å². The molecule has 0 aromatic carbocycles. The maximum atomic E-state index is 2.70. The SMILES string of the molecule is CCCCC1C(N2CC2)C1(C)CCCC. The lowest BCUT2D eigenvalue weighted by Gasteiger charge is -2.11. The summed E-state index contributed by atoms with van der Waals surface area (Å²) in [6.45, 7) is 9.95. The van der Waals surface area contributed by atoms with Crippen LogP contribution in [0.5, 0.6) is 0 Å². The first-order valence-electron chi connectivity index (χ1n) is 6.98. The van der Waals surface area contributed by atoms with Crippen LogP contribution in [0.1, 0.15) is 59.3 Å². The Hall–Kier alpha value is -0.0400. The topological polar surface area (TPSA) is 3.01 Å². The summed E-state index contributed by atoms with van der Waals surface area (Å²) < 4.78 is 0. The van der Waals surface area contributed by atoms with E-state index < -0.39 is 0 Å². The quantitative estimate of drug-likeness (QED) is 0.578. The zero-order valence-corrected chi connectivity index (χ0v) is 10.8. The highest BCUT2D eigenvalue weighted by atomic mass is 15.3. The van der Waals surface area contributed by atoms with Crippen molar-refractivity contribution < 1.29 is 0 Å². The molecule has 15 heavy (non-hydrogen) atoms. The molecule has 1 heteroatoms. The lowest BCUT2D eigenvalue weighted by molar-refractivity contribution is 0.385. The Morgan fingerprint density at radius 1 is 1.13 bits per heavy atom. The summed E-state index contributed by atoms with van der Waals surface area (Å²) in [5.74, 6) is 1.03. The van der Waals surface area contributed by atoms with Crippen LogP contribution in [-0.4, -0.2) is 24.0 Å². The molecule has 1 saturated heterocycles. The molecule has 0 aromatic heterocycles. The Morgan fingerprint density at radius 3 is 2.33 bits per heavy atom. The van der Waals surface area contributed by atoms with Crippen LogP contribution >= 0.6 is 0 Å². The van der Waals surface area contributed by atoms with Crippen molar-refractivity contribution in [3.05, 3.63) is 0 Å². The Bertz CT molecular complexity index is 209. The largest absolute Gasteiger partial charge is 0.297 e. The molecule has 2 aliphatic rings. The van der Waals surface area contributed by atoms with Crippen LogP contribution in [0.4, 0.5) is 0 Å². The van der Waals surface area contributed by atoms with Crippen LogP contribution in [0, 0.1) is 11.3 Å². The first-order chi connectivity index (χ1) is 7.24. The van der Waals surface area contributed by atoms with Gasteiger partial charge in [-0.2, -0.15) is 0 Å². The number of unbranched alkanes of at least 4 members (excludes halogenated alkanes) is 2. The average molecular weight is 209 g/mol. The van der Waals surface area contributed by atoms with E-state index >= 15 is 0 Å². The van der Waals surface area contributed by atoms with E-state index in [0.717, 1.165) is 12.0 Å². The van der Waals surface area contributed by atoms with E-state index in [4.69, 9.17) is 0 Å². The van der Waals surface area contributed by atoms with Crippen LogP contribution in [0.25, 0.3) is 0 Å². The highest BCUT2D eigenvalue weighted by molar-refractivity contribution is 5.16. The molecular weight excluding hydrogens is 182 g/mol. The molecule has 2 fully saturated rings. The third-order valence-corrected chi connectivity index (χ3v) is 4.61. The van der Waals surface area contributed by atoms with E-state index in [0.29, 0.717) is 5.41 Å². The highest BCUT2D eigenvalue weighted by Crippen LogP contribution is 2.62. The molecule has 2 rings (SSSR count). The Kier molecular flexibility index (Phi) is 3.39. The van der Waals surface area contributed by atoms with E-state index in [-0.39, 0.29) is 0 Å². The van der Waals surface area contributed by atoms with E-state index in [2.05, 4.69) is 25.7 Å². The van der Waals surface area contributed by atoms with Crippen molar-refractivity contribution in [1.29, 1.82) is 0 Å². The second-order valence-corrected chi connectivity index (χ2v) is 5.84. The zero-order valence-electron chi connectivity index (χ0n) is 10.8. The fraction of sp³-hybridized carbons (Fsp3) is 1.00. The van der Waals surface area contributed by atoms with Crippen molar-refractivity contribution in [2.75, 3.05) is 13.1 Å². The first kappa shape index (κ1) is 11.4. The molecule has 0 radical (unpaired) electrons. The Labute approximate surface area is 95.2 Å². The summed E-state index contributed by atoms with van der Waals surface area (Å²) in [4.78, 5) is 2.70. The summed E-state index contributed by atoms with van der Waals surface area (Å²) in [6.07, 6.45) is 8.56. The summed E-state index contributed by atoms with van der Waals surface area (Å²) >= 11 is 0. The van der Waals surface area contributed by atoms with E-state index in [9.17, 15) is 0 Å². The lowest BCUT2D eigenvalue weighted by Crippen LogP contribution is -2.09. The standard InChI is InChI=1S/C14H27N/c1-4-6-8-12-13(15-10-11-15)14(12,3)9-7-5-2/h12-13H,4-11H2,1-3H3. The van der Waals surface area contributed by atoms with E-state index in [1.165, 1.54) is 51.6 Å². The van der Waals surface area contributed by atoms with Gasteiger partial charge in [0.05, 0.1) is 0 Å². The summed E-state index contributed by atoms with van der Waals surface area (Å²) in [6, 6.07) is 0.968. The molecule has 3 atom stereocenters. The van der Waals surface area contributed by atoms with Gasteiger partial charge in [0.25, 0.3) is 0 Å². The molecule has 0 aromatic rings. The minimum Gasteiger partial charge on any atom is -0.297 e. The fourth-order valence-corrected chi connectivity index (χ4v) is 3.44. The minimum atomic E-state index is 0.696. The molecule has 0 bridgehead atoms. The van der Waals surface area contributed by atoms with Gasteiger partial charge in [-0.15, -0.1) is 0 Å². The maximum absolute atomic E-state index is 2.70. The molecular formula is C14H27N. The molecule has 1 heterocycles. The molecule has 1 nitrogen and oxygen atoms in total. The van der Waals surface area contributed by atoms with E-state index in [1.807, 2.05) is 0 Å². The van der Waals surface area contributed by atoms with Gasteiger partial charge >= 0.3 is 0 Å². The third-order valence-electron chi connectivity index (χ3n) is 4.61. The maximum Gasteiger partial charge on any atom is 0.0187 e. The van der Waals surface area contributed by atoms with Gasteiger partial charge in [0.2, 0.25) is 0 Å². The van der Waals surface area contributed by atoms with Gasteiger partial charge in [-0.1, -0.05) is 46.5 Å². The van der Waals surface area contributed by atoms with Crippen molar-refractivity contribution in [3.63, 3.8) is 0 Å². The van der Waals surface area contributed by atoms with Gasteiger partial charge < -0.3 is 0 Å². The van der Waals surface area contributed by atoms with Crippen molar-refractivity contribution in [3.8, 4) is 0 Å². The predicted octanol–water partition coefficient (Wildman–Crippen LogP) is 3.69. The van der Waals surface area contributed by atoms with Crippen LogP contribution < -0.4 is 0 Å². The highest BCUT2D eigenvalue weighted by Gasteiger charge is 2.63. The van der Waals surface area contributed by atoms with Gasteiger partial charge in [-0.05, 0) is 24.2 Å². The van der Waals surface area contributed by atoms with Crippen LogP contribution in [-0.2, 0) is 0 Å². The van der Waals surface area contributed by atoms with Crippen molar-refractivity contribution in [2.24, 2.45) is 11.3 Å². The molecule has 0 spiro atoms. The second kappa shape index (κ2) is 4.45. The molecule has 0 amide bonds. The Balaban J connectivity index is 1.85. The monoisotopic (exact) mass is 209 g/mol. The molecule has 1 saturated carbocycles. The van der Waals surface area contributed by atoms with Crippen LogP contribution in [0.3, 0.4) is 0 Å². The number of rotatable bonds is 7. The Morgan fingerprint density at radius 2 is 1.80 bits per heavy atom. The lowest BCUT2D eigenvalue weighted by atomic mass is 9.96. The summed E-state index contributed by atoms with van der Waals surface area (Å²) in [5, 5.41) is 0. The molecule has 1 aliphatic heterocycles. The average Bonchev–Trinajstić information content (AvgIpc) is 3.09. The van der Waals surface area contributed by atoms with Crippen LogP contribution in [0.15, 0.2) is 0 Å². The minimum absolute atomic E-state index is 0.696. The van der Waals surface area contributed by atoms with Gasteiger partial charge in [-0.25, -0.2) is 0 Å². The van der Waals surface area contributed by atoms with Gasteiger partial charge in [0.15, 0.2) is 0 Å². The third kappa shape index (κ3) is 2.22. The van der Waals surface area contributed by atoms with Crippen molar-refractivity contribution in [1.82, 2.24) is 4.90 Å². The summed E-state index contributed by atoms with van der Waals surface area (Å²) in [5.41, 5.74) is 0.696. The fourth-order valence-electron chi connectivity index (χ4n) is 3.44. The number of hydrogen-bond acceptors (Lipinski definition) is 1. The number of hydrogen-bond donors (Lipinski definition) is 0. The summed E-state index contributed by atoms with van der Waals surface area (Å²) in [7, 11) is 0. The van der Waals surface area contributed by atoms with Crippen molar-refractivity contribution >= 4 is 0 Å². The molecule has 3 unspecified atom stereocenters.